The Morgan fingerprint density at radius 1 is 1.29 bits per heavy atom. The number of hydrogen-bond donors (Lipinski definition) is 3. The van der Waals surface area contributed by atoms with Crippen molar-refractivity contribution < 1.29 is 27.8 Å². The molecule has 1 aliphatic rings. The highest BCUT2D eigenvalue weighted by atomic mass is 19.4. The van der Waals surface area contributed by atoms with E-state index in [-0.39, 0.29) is 18.8 Å². The molecule has 0 aromatic heterocycles. The van der Waals surface area contributed by atoms with Gasteiger partial charge in [-0.15, -0.1) is 0 Å². The number of nitrogens with one attached hydrogen (secondary N) is 2. The summed E-state index contributed by atoms with van der Waals surface area (Å²) in [6.45, 7) is 3.62. The molecule has 0 spiro atoms. The van der Waals surface area contributed by atoms with E-state index in [2.05, 4.69) is 10.6 Å². The average Bonchev–Trinajstić information content (AvgIpc) is 2.90. The van der Waals surface area contributed by atoms with Crippen molar-refractivity contribution in [2.45, 2.75) is 44.1 Å². The number of ether oxygens (including phenoxy) is 1. The Bertz CT molecular complexity index is 580. The van der Waals surface area contributed by atoms with Gasteiger partial charge in [0.2, 0.25) is 0 Å². The molecule has 4 unspecified atom stereocenters. The summed E-state index contributed by atoms with van der Waals surface area (Å²) in [5, 5.41) is 14.8. The number of amides is 2. The van der Waals surface area contributed by atoms with E-state index in [9.17, 15) is 23.1 Å². The molecule has 2 rings (SSSR count). The summed E-state index contributed by atoms with van der Waals surface area (Å²) in [5.41, 5.74) is -0.576. The van der Waals surface area contributed by atoms with Crippen molar-refractivity contribution in [2.75, 3.05) is 13.2 Å². The van der Waals surface area contributed by atoms with Crippen LogP contribution in [0.4, 0.5) is 18.0 Å². The lowest BCUT2D eigenvalue weighted by atomic mass is 9.90. The molecule has 1 aliphatic heterocycles. The molecular weight excluding hydrogens is 325 g/mol. The quantitative estimate of drug-likeness (QED) is 0.783. The van der Waals surface area contributed by atoms with Crippen LogP contribution >= 0.6 is 0 Å². The summed E-state index contributed by atoms with van der Waals surface area (Å²) in [5.74, 6) is -0.543. The third-order valence-electron chi connectivity index (χ3n) is 4.23. The summed E-state index contributed by atoms with van der Waals surface area (Å²) in [7, 11) is 0. The van der Waals surface area contributed by atoms with E-state index in [1.165, 1.54) is 12.1 Å². The number of urea groups is 1. The molecule has 1 saturated heterocycles. The van der Waals surface area contributed by atoms with Crippen molar-refractivity contribution in [3.8, 4) is 0 Å². The molecule has 2 amide bonds. The van der Waals surface area contributed by atoms with E-state index >= 15 is 0 Å². The van der Waals surface area contributed by atoms with Crippen molar-refractivity contribution in [3.05, 3.63) is 35.4 Å². The number of carbonyl (C=O) groups excluding carboxylic acids is 1. The molecule has 24 heavy (non-hydrogen) atoms. The van der Waals surface area contributed by atoms with Gasteiger partial charge in [-0.2, -0.15) is 13.2 Å². The van der Waals surface area contributed by atoms with Gasteiger partial charge in [0.25, 0.3) is 0 Å². The Morgan fingerprint density at radius 3 is 2.54 bits per heavy atom. The zero-order chi connectivity index (χ0) is 17.9. The molecule has 1 fully saturated rings. The number of carbonyl (C=O) groups is 1. The van der Waals surface area contributed by atoms with Crippen LogP contribution in [0.25, 0.3) is 0 Å². The SMILES string of the molecule is CC(NC(=O)NC1COCC1O)C(C)c1ccccc1C(F)(F)F. The van der Waals surface area contributed by atoms with Crippen LogP contribution in [0.5, 0.6) is 0 Å². The number of hydrogen-bond acceptors (Lipinski definition) is 3. The fourth-order valence-corrected chi connectivity index (χ4v) is 2.64. The van der Waals surface area contributed by atoms with Gasteiger partial charge in [0.05, 0.1) is 30.9 Å². The minimum atomic E-state index is -4.45. The fraction of sp³-hybridized carbons (Fsp3) is 0.562. The lowest BCUT2D eigenvalue weighted by Crippen LogP contribution is -2.50. The Morgan fingerprint density at radius 2 is 1.96 bits per heavy atom. The summed E-state index contributed by atoms with van der Waals surface area (Å²) in [6.07, 6.45) is -5.23. The topological polar surface area (TPSA) is 70.6 Å². The summed E-state index contributed by atoms with van der Waals surface area (Å²) in [6, 6.07) is 3.73. The number of rotatable bonds is 4. The van der Waals surface area contributed by atoms with E-state index in [1.54, 1.807) is 19.9 Å². The molecule has 0 bridgehead atoms. The number of aliphatic hydroxyl groups is 1. The van der Waals surface area contributed by atoms with Gasteiger partial charge < -0.3 is 20.5 Å². The van der Waals surface area contributed by atoms with Crippen LogP contribution in [0.1, 0.15) is 30.9 Å². The van der Waals surface area contributed by atoms with Crippen LogP contribution in [0, 0.1) is 0 Å². The molecule has 0 saturated carbocycles. The number of aliphatic hydroxyl groups excluding tert-OH is 1. The van der Waals surface area contributed by atoms with Crippen molar-refractivity contribution >= 4 is 6.03 Å². The average molecular weight is 346 g/mol. The first-order chi connectivity index (χ1) is 11.2. The van der Waals surface area contributed by atoms with Crippen molar-refractivity contribution in [2.24, 2.45) is 0 Å². The molecule has 1 aromatic rings. The van der Waals surface area contributed by atoms with Crippen LogP contribution < -0.4 is 10.6 Å². The molecule has 8 heteroatoms. The number of alkyl halides is 3. The zero-order valence-corrected chi connectivity index (χ0v) is 13.4. The first kappa shape index (κ1) is 18.5. The first-order valence-corrected chi connectivity index (χ1v) is 7.69. The molecule has 3 N–H and O–H groups in total. The lowest BCUT2D eigenvalue weighted by molar-refractivity contribution is -0.138. The van der Waals surface area contributed by atoms with E-state index in [1.807, 2.05) is 0 Å². The van der Waals surface area contributed by atoms with E-state index in [4.69, 9.17) is 4.74 Å². The van der Waals surface area contributed by atoms with Gasteiger partial charge in [-0.3, -0.25) is 0 Å². The fourth-order valence-electron chi connectivity index (χ4n) is 2.64. The molecule has 5 nitrogen and oxygen atoms in total. The van der Waals surface area contributed by atoms with Crippen molar-refractivity contribution in [3.63, 3.8) is 0 Å². The van der Waals surface area contributed by atoms with Crippen LogP contribution in [0.15, 0.2) is 24.3 Å². The van der Waals surface area contributed by atoms with Crippen LogP contribution in [0.2, 0.25) is 0 Å². The highest BCUT2D eigenvalue weighted by Gasteiger charge is 2.35. The number of halogens is 3. The Hall–Kier alpha value is -1.80. The maximum atomic E-state index is 13.1. The Labute approximate surface area is 138 Å². The van der Waals surface area contributed by atoms with Crippen molar-refractivity contribution in [1.29, 1.82) is 0 Å². The second-order valence-electron chi connectivity index (χ2n) is 5.99. The minimum absolute atomic E-state index is 0.127. The van der Waals surface area contributed by atoms with Gasteiger partial charge >= 0.3 is 12.2 Å². The van der Waals surface area contributed by atoms with E-state index in [0.717, 1.165) is 6.07 Å². The summed E-state index contributed by atoms with van der Waals surface area (Å²) < 4.78 is 44.3. The van der Waals surface area contributed by atoms with Gasteiger partial charge in [-0.1, -0.05) is 25.1 Å². The largest absolute Gasteiger partial charge is 0.416 e. The van der Waals surface area contributed by atoms with Gasteiger partial charge in [0, 0.05) is 12.0 Å². The van der Waals surface area contributed by atoms with E-state index < -0.39 is 41.9 Å². The third kappa shape index (κ3) is 4.39. The lowest BCUT2D eigenvalue weighted by Gasteiger charge is -2.25. The Balaban J connectivity index is 2.02. The maximum Gasteiger partial charge on any atom is 0.416 e. The molecule has 4 atom stereocenters. The van der Waals surface area contributed by atoms with Gasteiger partial charge in [-0.05, 0) is 18.6 Å². The zero-order valence-electron chi connectivity index (χ0n) is 13.4. The maximum absolute atomic E-state index is 13.1. The highest BCUT2D eigenvalue weighted by Crippen LogP contribution is 2.35. The Kier molecular flexibility index (Phi) is 5.71. The highest BCUT2D eigenvalue weighted by molar-refractivity contribution is 5.74. The minimum Gasteiger partial charge on any atom is -0.388 e. The van der Waals surface area contributed by atoms with Crippen LogP contribution in [-0.4, -0.2) is 42.5 Å². The summed E-state index contributed by atoms with van der Waals surface area (Å²) in [4.78, 5) is 12.0. The van der Waals surface area contributed by atoms with E-state index in [0.29, 0.717) is 0 Å². The molecule has 1 aromatic carbocycles. The molecule has 0 radical (unpaired) electrons. The molecule has 0 aliphatic carbocycles. The molecule has 1 heterocycles. The summed E-state index contributed by atoms with van der Waals surface area (Å²) >= 11 is 0. The molecule has 134 valence electrons. The second-order valence-corrected chi connectivity index (χ2v) is 5.99. The third-order valence-corrected chi connectivity index (χ3v) is 4.23. The first-order valence-electron chi connectivity index (χ1n) is 7.69. The predicted molar refractivity (Wildman–Crippen MR) is 81.6 cm³/mol. The number of benzene rings is 1. The normalized spacial score (nSPS) is 23.6. The standard InChI is InChI=1S/C16H21F3N2O3/c1-9(11-5-3-4-6-12(11)16(17,18)19)10(2)20-15(23)21-13-7-24-8-14(13)22/h3-6,9-10,13-14,22H,7-8H2,1-2H3,(H2,20,21,23). The van der Waals surface area contributed by atoms with Crippen molar-refractivity contribution in [1.82, 2.24) is 10.6 Å². The van der Waals surface area contributed by atoms with Gasteiger partial charge in [-0.25, -0.2) is 4.79 Å². The van der Waals surface area contributed by atoms with Crippen LogP contribution in [0.3, 0.4) is 0 Å². The monoisotopic (exact) mass is 346 g/mol. The van der Waals surface area contributed by atoms with Gasteiger partial charge in [0.1, 0.15) is 0 Å². The second kappa shape index (κ2) is 7.40. The predicted octanol–water partition coefficient (Wildman–Crippen LogP) is 2.26. The smallest absolute Gasteiger partial charge is 0.388 e. The molecular formula is C16H21F3N2O3. The van der Waals surface area contributed by atoms with Crippen LogP contribution in [-0.2, 0) is 10.9 Å². The van der Waals surface area contributed by atoms with Gasteiger partial charge in [0.15, 0.2) is 0 Å².